The fourth-order valence-electron chi connectivity index (χ4n) is 3.61. The predicted molar refractivity (Wildman–Crippen MR) is 124 cm³/mol. The number of hydrogen-bond donors (Lipinski definition) is 1. The largest absolute Gasteiger partial charge is 0.379 e. The lowest BCUT2D eigenvalue weighted by Gasteiger charge is -2.34. The zero-order valence-electron chi connectivity index (χ0n) is 19.8. The summed E-state index contributed by atoms with van der Waals surface area (Å²) >= 11 is 0. The minimum atomic E-state index is -1.79. The van der Waals surface area contributed by atoms with Crippen molar-refractivity contribution in [2.75, 3.05) is 33.0 Å². The number of nitriles is 1. The molecule has 0 aromatic heterocycles. The van der Waals surface area contributed by atoms with Crippen molar-refractivity contribution < 1.29 is 28.5 Å². The molecule has 1 aromatic carbocycles. The number of ether oxygens (including phenoxy) is 2. The summed E-state index contributed by atoms with van der Waals surface area (Å²) in [5.41, 5.74) is 0.855. The van der Waals surface area contributed by atoms with Crippen LogP contribution >= 0.6 is 8.53 Å². The average molecular weight is 480 g/mol. The van der Waals surface area contributed by atoms with E-state index in [0.717, 1.165) is 0 Å². The summed E-state index contributed by atoms with van der Waals surface area (Å²) in [5, 5.41) is 9.06. The van der Waals surface area contributed by atoms with Crippen molar-refractivity contribution in [1.82, 2.24) is 9.57 Å². The molecule has 10 heteroatoms. The van der Waals surface area contributed by atoms with Crippen molar-refractivity contribution in [3.05, 3.63) is 35.4 Å². The van der Waals surface area contributed by atoms with Crippen LogP contribution in [0.1, 0.15) is 61.3 Å². The van der Waals surface area contributed by atoms with Gasteiger partial charge < -0.3 is 18.9 Å². The van der Waals surface area contributed by atoms with Crippen LogP contribution in [-0.2, 0) is 14.0 Å². The molecule has 0 bridgehead atoms. The van der Waals surface area contributed by atoms with Crippen molar-refractivity contribution in [3.63, 3.8) is 0 Å². The highest BCUT2D eigenvalue weighted by atomic mass is 31.2. The van der Waals surface area contributed by atoms with Gasteiger partial charge in [-0.1, -0.05) is 12.1 Å². The van der Waals surface area contributed by atoms with Gasteiger partial charge in [0.1, 0.15) is 0 Å². The summed E-state index contributed by atoms with van der Waals surface area (Å²) in [4.78, 5) is 36.3. The van der Waals surface area contributed by atoms with Gasteiger partial charge in [-0.2, -0.15) is 5.26 Å². The van der Waals surface area contributed by atoms with E-state index in [1.165, 1.54) is 4.90 Å². The van der Waals surface area contributed by atoms with Gasteiger partial charge in [0.05, 0.1) is 56.1 Å². The van der Waals surface area contributed by atoms with E-state index in [1.54, 1.807) is 24.3 Å². The number of benzene rings is 1. The molecule has 182 valence electrons. The average Bonchev–Trinajstić information content (AvgIpc) is 3.00. The van der Waals surface area contributed by atoms with Crippen molar-refractivity contribution in [2.45, 2.75) is 58.7 Å². The smallest absolute Gasteiger partial charge is 0.261 e. The lowest BCUT2D eigenvalue weighted by Crippen LogP contribution is -2.34. The number of amides is 2. The molecule has 0 radical (unpaired) electrons. The van der Waals surface area contributed by atoms with Crippen LogP contribution in [0.25, 0.3) is 0 Å². The molecule has 1 aliphatic heterocycles. The summed E-state index contributed by atoms with van der Waals surface area (Å²) in [6, 6.07) is 9.11. The molecule has 0 spiro atoms. The van der Waals surface area contributed by atoms with E-state index in [2.05, 4.69) is 6.07 Å². The highest BCUT2D eigenvalue weighted by Gasteiger charge is 2.34. The molecule has 0 saturated carbocycles. The first-order chi connectivity index (χ1) is 15.8. The fraction of sp³-hybridized carbons (Fsp3) is 0.609. The Bertz CT molecular complexity index is 786. The minimum absolute atomic E-state index is 0.123. The maximum absolute atomic E-state index is 12.3. The maximum Gasteiger partial charge on any atom is 0.261 e. The van der Waals surface area contributed by atoms with Crippen LogP contribution in [0.2, 0.25) is 0 Å². The van der Waals surface area contributed by atoms with Gasteiger partial charge in [-0.3, -0.25) is 14.5 Å². The molecule has 2 atom stereocenters. The molecule has 2 rings (SSSR count). The number of imide groups is 1. The van der Waals surface area contributed by atoms with Gasteiger partial charge in [-0.05, 0) is 46.2 Å². The molecule has 0 fully saturated rings. The highest BCUT2D eigenvalue weighted by molar-refractivity contribution is 7.43. The van der Waals surface area contributed by atoms with E-state index in [1.807, 2.05) is 32.4 Å². The Kier molecular flexibility index (Phi) is 11.3. The summed E-state index contributed by atoms with van der Waals surface area (Å²) in [6.45, 7) is 9.39. The zero-order chi connectivity index (χ0) is 24.4. The Balaban J connectivity index is 1.63. The SMILES string of the molecule is CC(C)N(C(C)C)P(O)OC(CC#N)CCOCCOCCN1C(=O)c2ccccc2C1=O. The zero-order valence-corrected chi connectivity index (χ0v) is 20.7. The number of carbonyl (C=O) groups excluding carboxylic acids is 2. The topological polar surface area (TPSA) is 112 Å². The molecule has 0 saturated heterocycles. The lowest BCUT2D eigenvalue weighted by molar-refractivity contribution is 0.0274. The second kappa shape index (κ2) is 13.7. The van der Waals surface area contributed by atoms with Gasteiger partial charge in [0.25, 0.3) is 20.3 Å². The molecule has 33 heavy (non-hydrogen) atoms. The van der Waals surface area contributed by atoms with Crippen LogP contribution in [0.3, 0.4) is 0 Å². The molecule has 1 aliphatic rings. The first-order valence-electron chi connectivity index (χ1n) is 11.2. The van der Waals surface area contributed by atoms with Crippen LogP contribution < -0.4 is 0 Å². The van der Waals surface area contributed by atoms with Crippen LogP contribution in [0.5, 0.6) is 0 Å². The molecule has 2 unspecified atom stereocenters. The van der Waals surface area contributed by atoms with E-state index in [4.69, 9.17) is 19.3 Å². The lowest BCUT2D eigenvalue weighted by atomic mass is 10.1. The summed E-state index contributed by atoms with van der Waals surface area (Å²) in [5.74, 6) is -0.590. The second-order valence-electron chi connectivity index (χ2n) is 8.23. The van der Waals surface area contributed by atoms with Gasteiger partial charge in [0, 0.05) is 18.7 Å². The Hall–Kier alpha value is -1.92. The minimum Gasteiger partial charge on any atom is -0.379 e. The van der Waals surface area contributed by atoms with Crippen LogP contribution in [0, 0.1) is 11.3 Å². The number of hydrogen-bond acceptors (Lipinski definition) is 8. The maximum atomic E-state index is 12.3. The van der Waals surface area contributed by atoms with Crippen LogP contribution in [0.15, 0.2) is 24.3 Å². The summed E-state index contributed by atoms with van der Waals surface area (Å²) in [7, 11) is -1.79. The molecule has 1 heterocycles. The fourth-order valence-corrected chi connectivity index (χ4v) is 4.95. The number of nitrogens with zero attached hydrogens (tertiary/aromatic N) is 3. The molecule has 1 aromatic rings. The predicted octanol–water partition coefficient (Wildman–Crippen LogP) is 3.34. The second-order valence-corrected chi connectivity index (χ2v) is 9.41. The molecular weight excluding hydrogens is 445 g/mol. The van der Waals surface area contributed by atoms with Crippen molar-refractivity contribution in [1.29, 1.82) is 5.26 Å². The Morgan fingerprint density at radius 1 is 1.00 bits per heavy atom. The van der Waals surface area contributed by atoms with Gasteiger partial charge in [-0.15, -0.1) is 0 Å². The van der Waals surface area contributed by atoms with E-state index < -0.39 is 14.6 Å². The molecule has 9 nitrogen and oxygen atoms in total. The molecular formula is C23H34N3O6P. The first-order valence-corrected chi connectivity index (χ1v) is 12.4. The third-order valence-electron chi connectivity index (χ3n) is 5.11. The van der Waals surface area contributed by atoms with Gasteiger partial charge in [0.2, 0.25) is 0 Å². The highest BCUT2D eigenvalue weighted by Crippen LogP contribution is 2.42. The van der Waals surface area contributed by atoms with Gasteiger partial charge in [-0.25, -0.2) is 4.67 Å². The molecule has 2 amide bonds. The number of rotatable bonds is 15. The third kappa shape index (κ3) is 7.82. The third-order valence-corrected chi connectivity index (χ3v) is 6.92. The van der Waals surface area contributed by atoms with Crippen molar-refractivity contribution >= 4 is 20.3 Å². The summed E-state index contributed by atoms with van der Waals surface area (Å²) in [6.07, 6.45) is 0.233. The quantitative estimate of drug-likeness (QED) is 0.232. The number of fused-ring (bicyclic) bond motifs is 1. The van der Waals surface area contributed by atoms with Gasteiger partial charge in [0.15, 0.2) is 0 Å². The summed E-state index contributed by atoms with van der Waals surface area (Å²) < 4.78 is 18.7. The van der Waals surface area contributed by atoms with Crippen LogP contribution in [0.4, 0.5) is 0 Å². The first kappa shape index (κ1) is 27.3. The molecule has 1 N–H and O–H groups in total. The standard InChI is InChI=1S/C23H34N3O6P/c1-17(2)26(18(3)4)33(29)32-19(9-11-24)10-13-30-15-16-31-14-12-25-22(27)20-7-5-6-8-21(20)23(25)28/h5-8,17-19,29H,9-10,12-16H2,1-4H3. The van der Waals surface area contributed by atoms with E-state index in [9.17, 15) is 14.5 Å². The Labute approximate surface area is 197 Å². The monoisotopic (exact) mass is 479 g/mol. The van der Waals surface area contributed by atoms with Crippen LogP contribution in [-0.4, -0.2) is 77.4 Å². The van der Waals surface area contributed by atoms with Gasteiger partial charge >= 0.3 is 0 Å². The Morgan fingerprint density at radius 2 is 1.55 bits per heavy atom. The van der Waals surface area contributed by atoms with E-state index >= 15 is 0 Å². The normalized spacial score (nSPS) is 15.4. The van der Waals surface area contributed by atoms with Crippen molar-refractivity contribution in [3.8, 4) is 6.07 Å². The number of carbonyl (C=O) groups is 2. The Morgan fingerprint density at radius 3 is 2.06 bits per heavy atom. The van der Waals surface area contributed by atoms with Crippen molar-refractivity contribution in [2.24, 2.45) is 0 Å². The van der Waals surface area contributed by atoms with E-state index in [-0.39, 0.29) is 43.5 Å². The van der Waals surface area contributed by atoms with E-state index in [0.29, 0.717) is 37.4 Å². The molecule has 0 aliphatic carbocycles.